The van der Waals surface area contributed by atoms with Crippen LogP contribution in [-0.4, -0.2) is 13.7 Å². The third kappa shape index (κ3) is 3.26. The largest absolute Gasteiger partial charge is 0.497 e. The first kappa shape index (κ1) is 13.4. The van der Waals surface area contributed by atoms with Crippen LogP contribution in [0.5, 0.6) is 5.75 Å². The quantitative estimate of drug-likeness (QED) is 0.822. The van der Waals surface area contributed by atoms with E-state index < -0.39 is 0 Å². The molecule has 0 saturated heterocycles. The second-order valence-corrected chi connectivity index (χ2v) is 5.25. The van der Waals surface area contributed by atoms with E-state index in [1.807, 2.05) is 0 Å². The Bertz CT molecular complexity index is 341. The third-order valence-corrected chi connectivity index (χ3v) is 3.96. The van der Waals surface area contributed by atoms with E-state index in [1.54, 1.807) is 7.11 Å². The lowest BCUT2D eigenvalue weighted by atomic mass is 9.91. The summed E-state index contributed by atoms with van der Waals surface area (Å²) in [6.07, 6.45) is 6.72. The molecule has 1 aromatic rings. The van der Waals surface area contributed by atoms with Crippen LogP contribution in [0, 0.1) is 5.92 Å². The molecule has 0 bridgehead atoms. The maximum Gasteiger partial charge on any atom is 0.118 e. The Morgan fingerprint density at radius 1 is 1.22 bits per heavy atom. The van der Waals surface area contributed by atoms with Gasteiger partial charge >= 0.3 is 0 Å². The highest BCUT2D eigenvalue weighted by Crippen LogP contribution is 2.36. The standard InChI is InChI=1S/C16H25NO/c1-3-12-17-16(13-6-4-5-7-13)14-8-10-15(18-2)11-9-14/h8-11,13,16-17H,3-7,12H2,1-2H3. The summed E-state index contributed by atoms with van der Waals surface area (Å²) in [5.41, 5.74) is 1.41. The van der Waals surface area contributed by atoms with Gasteiger partial charge in [0.2, 0.25) is 0 Å². The van der Waals surface area contributed by atoms with Gasteiger partial charge in [0.15, 0.2) is 0 Å². The first-order valence-electron chi connectivity index (χ1n) is 7.22. The number of rotatable bonds is 6. The van der Waals surface area contributed by atoms with E-state index in [0.717, 1.165) is 18.2 Å². The van der Waals surface area contributed by atoms with Gasteiger partial charge in [-0.2, -0.15) is 0 Å². The van der Waals surface area contributed by atoms with Crippen LogP contribution >= 0.6 is 0 Å². The topological polar surface area (TPSA) is 21.3 Å². The lowest BCUT2D eigenvalue weighted by molar-refractivity contribution is 0.367. The van der Waals surface area contributed by atoms with E-state index in [0.29, 0.717) is 6.04 Å². The van der Waals surface area contributed by atoms with E-state index >= 15 is 0 Å². The van der Waals surface area contributed by atoms with Crippen LogP contribution in [-0.2, 0) is 0 Å². The first-order chi connectivity index (χ1) is 8.85. The summed E-state index contributed by atoms with van der Waals surface area (Å²) in [6, 6.07) is 9.10. The Labute approximate surface area is 111 Å². The molecule has 1 aliphatic rings. The molecule has 1 unspecified atom stereocenters. The molecular formula is C16H25NO. The Hall–Kier alpha value is -1.02. The summed E-state index contributed by atoms with van der Waals surface area (Å²) in [5.74, 6) is 1.75. The monoisotopic (exact) mass is 247 g/mol. The number of ether oxygens (including phenoxy) is 1. The van der Waals surface area contributed by atoms with Gasteiger partial charge in [-0.3, -0.25) is 0 Å². The zero-order valence-corrected chi connectivity index (χ0v) is 11.6. The van der Waals surface area contributed by atoms with Crippen LogP contribution in [0.4, 0.5) is 0 Å². The van der Waals surface area contributed by atoms with Gasteiger partial charge in [-0.1, -0.05) is 31.9 Å². The highest BCUT2D eigenvalue weighted by molar-refractivity contribution is 5.29. The Kier molecular flexibility index (Phi) is 5.06. The minimum absolute atomic E-state index is 0.526. The maximum absolute atomic E-state index is 5.24. The normalized spacial score (nSPS) is 17.9. The third-order valence-electron chi connectivity index (χ3n) is 3.96. The molecule has 0 aliphatic heterocycles. The average Bonchev–Trinajstić information content (AvgIpc) is 2.94. The van der Waals surface area contributed by atoms with Crippen molar-refractivity contribution in [2.75, 3.05) is 13.7 Å². The van der Waals surface area contributed by atoms with E-state index in [9.17, 15) is 0 Å². The predicted molar refractivity (Wildman–Crippen MR) is 76.0 cm³/mol. The number of nitrogens with one attached hydrogen (secondary N) is 1. The maximum atomic E-state index is 5.24. The van der Waals surface area contributed by atoms with Crippen LogP contribution in [0.2, 0.25) is 0 Å². The number of methoxy groups -OCH3 is 1. The van der Waals surface area contributed by atoms with Crippen molar-refractivity contribution in [2.45, 2.75) is 45.1 Å². The van der Waals surface area contributed by atoms with Gasteiger partial charge in [-0.15, -0.1) is 0 Å². The predicted octanol–water partition coefficient (Wildman–Crippen LogP) is 3.93. The van der Waals surface area contributed by atoms with Crippen molar-refractivity contribution >= 4 is 0 Å². The van der Waals surface area contributed by atoms with Gasteiger partial charge in [0.05, 0.1) is 7.11 Å². The summed E-state index contributed by atoms with van der Waals surface area (Å²) in [5, 5.41) is 3.72. The van der Waals surface area contributed by atoms with Crippen molar-refractivity contribution < 1.29 is 4.74 Å². The first-order valence-corrected chi connectivity index (χ1v) is 7.22. The van der Waals surface area contributed by atoms with Crippen molar-refractivity contribution in [3.63, 3.8) is 0 Å². The minimum atomic E-state index is 0.526. The van der Waals surface area contributed by atoms with Gasteiger partial charge in [0.1, 0.15) is 5.75 Å². The molecule has 1 fully saturated rings. The molecule has 2 heteroatoms. The van der Waals surface area contributed by atoms with Crippen molar-refractivity contribution in [3.05, 3.63) is 29.8 Å². The molecule has 0 aromatic heterocycles. The summed E-state index contributed by atoms with van der Waals surface area (Å²) in [6.45, 7) is 3.33. The zero-order chi connectivity index (χ0) is 12.8. The molecule has 0 amide bonds. The minimum Gasteiger partial charge on any atom is -0.497 e. The number of hydrogen-bond acceptors (Lipinski definition) is 2. The molecule has 1 aliphatic carbocycles. The highest BCUT2D eigenvalue weighted by Gasteiger charge is 2.25. The fourth-order valence-corrected chi connectivity index (χ4v) is 2.96. The molecular weight excluding hydrogens is 222 g/mol. The molecule has 0 radical (unpaired) electrons. The van der Waals surface area contributed by atoms with Gasteiger partial charge in [0, 0.05) is 6.04 Å². The molecule has 1 atom stereocenters. The van der Waals surface area contributed by atoms with Crippen molar-refractivity contribution in [2.24, 2.45) is 5.92 Å². The van der Waals surface area contributed by atoms with Crippen LogP contribution in [0.15, 0.2) is 24.3 Å². The van der Waals surface area contributed by atoms with E-state index in [-0.39, 0.29) is 0 Å². The molecule has 0 spiro atoms. The lowest BCUT2D eigenvalue weighted by Crippen LogP contribution is -2.27. The van der Waals surface area contributed by atoms with E-state index in [1.165, 1.54) is 37.7 Å². The zero-order valence-electron chi connectivity index (χ0n) is 11.6. The van der Waals surface area contributed by atoms with Gasteiger partial charge < -0.3 is 10.1 Å². The Balaban J connectivity index is 2.10. The molecule has 0 heterocycles. The highest BCUT2D eigenvalue weighted by atomic mass is 16.5. The van der Waals surface area contributed by atoms with Crippen molar-refractivity contribution in [3.8, 4) is 5.75 Å². The lowest BCUT2D eigenvalue weighted by Gasteiger charge is -2.25. The summed E-state index contributed by atoms with van der Waals surface area (Å²) >= 11 is 0. The fourth-order valence-electron chi connectivity index (χ4n) is 2.96. The molecule has 2 nitrogen and oxygen atoms in total. The molecule has 1 N–H and O–H groups in total. The summed E-state index contributed by atoms with van der Waals surface area (Å²) in [7, 11) is 1.72. The van der Waals surface area contributed by atoms with Gasteiger partial charge in [0.25, 0.3) is 0 Å². The second kappa shape index (κ2) is 6.79. The summed E-state index contributed by atoms with van der Waals surface area (Å²) in [4.78, 5) is 0. The summed E-state index contributed by atoms with van der Waals surface area (Å²) < 4.78 is 5.24. The molecule has 18 heavy (non-hydrogen) atoms. The fraction of sp³-hybridized carbons (Fsp3) is 0.625. The van der Waals surface area contributed by atoms with Crippen LogP contribution < -0.4 is 10.1 Å². The smallest absolute Gasteiger partial charge is 0.118 e. The molecule has 1 aromatic carbocycles. The van der Waals surface area contributed by atoms with Crippen LogP contribution in [0.3, 0.4) is 0 Å². The Morgan fingerprint density at radius 2 is 1.89 bits per heavy atom. The SMILES string of the molecule is CCCNC(c1ccc(OC)cc1)C1CCCC1. The van der Waals surface area contributed by atoms with Crippen molar-refractivity contribution in [1.82, 2.24) is 5.32 Å². The van der Waals surface area contributed by atoms with Crippen molar-refractivity contribution in [1.29, 1.82) is 0 Å². The second-order valence-electron chi connectivity index (χ2n) is 5.25. The average molecular weight is 247 g/mol. The Morgan fingerprint density at radius 3 is 2.44 bits per heavy atom. The van der Waals surface area contributed by atoms with Gasteiger partial charge in [-0.25, -0.2) is 0 Å². The molecule has 1 saturated carbocycles. The van der Waals surface area contributed by atoms with E-state index in [2.05, 4.69) is 36.5 Å². The van der Waals surface area contributed by atoms with Crippen LogP contribution in [0.1, 0.15) is 50.6 Å². The molecule has 100 valence electrons. The van der Waals surface area contributed by atoms with E-state index in [4.69, 9.17) is 4.74 Å². The van der Waals surface area contributed by atoms with Gasteiger partial charge in [-0.05, 0) is 49.4 Å². The van der Waals surface area contributed by atoms with Crippen LogP contribution in [0.25, 0.3) is 0 Å². The number of hydrogen-bond donors (Lipinski definition) is 1. The molecule has 2 rings (SSSR count). The number of benzene rings is 1.